The molecule has 134 valence electrons. The van der Waals surface area contributed by atoms with Gasteiger partial charge in [0.25, 0.3) is 5.91 Å². The van der Waals surface area contributed by atoms with Crippen LogP contribution in [0.1, 0.15) is 22.3 Å². The number of carbonyl (C=O) groups excluding carboxylic acids is 1. The monoisotopic (exact) mass is 423 g/mol. The van der Waals surface area contributed by atoms with E-state index in [1.54, 1.807) is 12.1 Å². The zero-order valence-corrected chi connectivity index (χ0v) is 17.2. The third kappa shape index (κ3) is 4.41. The molecule has 3 nitrogen and oxygen atoms in total. The zero-order chi connectivity index (χ0) is 18.8. The molecular formula is C19H15Cl2NO2S2. The van der Waals surface area contributed by atoms with Gasteiger partial charge in [-0.25, -0.2) is 0 Å². The molecule has 0 bridgehead atoms. The Kier molecular flexibility index (Phi) is 5.92. The van der Waals surface area contributed by atoms with Gasteiger partial charge in [-0.05, 0) is 60.9 Å². The van der Waals surface area contributed by atoms with Crippen molar-refractivity contribution in [2.75, 3.05) is 0 Å². The van der Waals surface area contributed by atoms with Crippen LogP contribution >= 0.6 is 47.2 Å². The minimum absolute atomic E-state index is 0.159. The maximum absolute atomic E-state index is 11.8. The van der Waals surface area contributed by atoms with E-state index < -0.39 is 0 Å². The average Bonchev–Trinajstić information content (AvgIpc) is 2.86. The van der Waals surface area contributed by atoms with Crippen LogP contribution in [0.5, 0.6) is 5.75 Å². The number of aryl methyl sites for hydroxylation is 2. The Balaban J connectivity index is 1.80. The Hall–Kier alpha value is -1.53. The van der Waals surface area contributed by atoms with Gasteiger partial charge in [0.05, 0.1) is 4.91 Å². The first-order chi connectivity index (χ1) is 12.3. The summed E-state index contributed by atoms with van der Waals surface area (Å²) >= 11 is 18.4. The Labute approximate surface area is 171 Å². The maximum Gasteiger partial charge on any atom is 0.263 e. The van der Waals surface area contributed by atoms with Crippen LogP contribution < -0.4 is 10.1 Å². The lowest BCUT2D eigenvalue weighted by atomic mass is 10.0. The number of hydrogen-bond acceptors (Lipinski definition) is 4. The second-order valence-corrected chi connectivity index (χ2v) is 8.42. The van der Waals surface area contributed by atoms with Crippen LogP contribution in [0.15, 0.2) is 35.2 Å². The Morgan fingerprint density at radius 3 is 2.46 bits per heavy atom. The first kappa shape index (κ1) is 19.2. The minimum atomic E-state index is -0.159. The van der Waals surface area contributed by atoms with Crippen molar-refractivity contribution in [2.24, 2.45) is 0 Å². The topological polar surface area (TPSA) is 38.3 Å². The molecule has 1 saturated heterocycles. The van der Waals surface area contributed by atoms with Crippen LogP contribution in [0.25, 0.3) is 6.08 Å². The second kappa shape index (κ2) is 8.01. The number of rotatable bonds is 4. The van der Waals surface area contributed by atoms with Crippen molar-refractivity contribution in [1.82, 2.24) is 5.32 Å². The summed E-state index contributed by atoms with van der Waals surface area (Å²) in [5, 5.41) is 3.79. The summed E-state index contributed by atoms with van der Waals surface area (Å²) in [6, 6.07) is 9.30. The van der Waals surface area contributed by atoms with E-state index in [4.69, 9.17) is 40.2 Å². The van der Waals surface area contributed by atoms with Crippen molar-refractivity contribution in [3.8, 4) is 5.75 Å². The molecule has 2 aromatic rings. The molecule has 0 radical (unpaired) electrons. The number of thiocarbonyl (C=S) groups is 1. The van der Waals surface area contributed by atoms with E-state index in [9.17, 15) is 4.79 Å². The van der Waals surface area contributed by atoms with E-state index in [1.807, 2.05) is 38.1 Å². The van der Waals surface area contributed by atoms with E-state index >= 15 is 0 Å². The molecule has 26 heavy (non-hydrogen) atoms. The van der Waals surface area contributed by atoms with Gasteiger partial charge >= 0.3 is 0 Å². The molecule has 7 heteroatoms. The maximum atomic E-state index is 11.8. The van der Waals surface area contributed by atoms with E-state index in [0.29, 0.717) is 25.9 Å². The summed E-state index contributed by atoms with van der Waals surface area (Å²) < 4.78 is 6.47. The van der Waals surface area contributed by atoms with E-state index in [-0.39, 0.29) is 5.91 Å². The van der Waals surface area contributed by atoms with Gasteiger partial charge in [0.15, 0.2) is 0 Å². The van der Waals surface area contributed by atoms with Crippen molar-refractivity contribution in [3.05, 3.63) is 67.5 Å². The molecule has 0 saturated carbocycles. The SMILES string of the molecule is Cc1cc(/C=C2/SC(=S)NC2=O)cc(C)c1OCc1ccc(Cl)cc1Cl. The summed E-state index contributed by atoms with van der Waals surface area (Å²) in [7, 11) is 0. The Bertz CT molecular complexity index is 918. The quantitative estimate of drug-likeness (QED) is 0.507. The van der Waals surface area contributed by atoms with E-state index in [0.717, 1.165) is 28.0 Å². The van der Waals surface area contributed by atoms with Crippen LogP contribution in [-0.4, -0.2) is 10.2 Å². The molecule has 0 aliphatic carbocycles. The van der Waals surface area contributed by atoms with Crippen LogP contribution in [-0.2, 0) is 11.4 Å². The van der Waals surface area contributed by atoms with Gasteiger partial charge in [0, 0.05) is 15.6 Å². The molecule has 1 aliphatic rings. The first-order valence-corrected chi connectivity index (χ1v) is 9.74. The molecule has 1 aliphatic heterocycles. The number of benzene rings is 2. The molecule has 1 heterocycles. The molecule has 1 N–H and O–H groups in total. The predicted molar refractivity (Wildman–Crippen MR) is 113 cm³/mol. The largest absolute Gasteiger partial charge is 0.488 e. The second-order valence-electron chi connectivity index (χ2n) is 5.86. The van der Waals surface area contributed by atoms with Crippen LogP contribution in [0.4, 0.5) is 0 Å². The lowest BCUT2D eigenvalue weighted by Crippen LogP contribution is -2.17. The molecule has 0 spiro atoms. The Morgan fingerprint density at radius 2 is 1.88 bits per heavy atom. The number of nitrogens with one attached hydrogen (secondary N) is 1. The van der Waals surface area contributed by atoms with Gasteiger partial charge in [-0.2, -0.15) is 0 Å². The summed E-state index contributed by atoms with van der Waals surface area (Å²) in [6.45, 7) is 4.30. The first-order valence-electron chi connectivity index (χ1n) is 7.76. The highest BCUT2D eigenvalue weighted by molar-refractivity contribution is 8.26. The van der Waals surface area contributed by atoms with Crippen LogP contribution in [0, 0.1) is 13.8 Å². The summed E-state index contributed by atoms with van der Waals surface area (Å²) in [5.74, 6) is 0.644. The van der Waals surface area contributed by atoms with E-state index in [2.05, 4.69) is 5.32 Å². The molecule has 1 amide bonds. The van der Waals surface area contributed by atoms with Gasteiger partial charge in [0.1, 0.15) is 16.7 Å². The summed E-state index contributed by atoms with van der Waals surface area (Å²) in [5.41, 5.74) is 3.76. The highest BCUT2D eigenvalue weighted by Crippen LogP contribution is 2.31. The van der Waals surface area contributed by atoms with Gasteiger partial charge in [-0.3, -0.25) is 4.79 Å². The fourth-order valence-corrected chi connectivity index (χ4v) is 4.16. The fourth-order valence-electron chi connectivity index (χ4n) is 2.66. The number of halogens is 2. The van der Waals surface area contributed by atoms with Crippen molar-refractivity contribution in [2.45, 2.75) is 20.5 Å². The lowest BCUT2D eigenvalue weighted by Gasteiger charge is -2.14. The number of thioether (sulfide) groups is 1. The molecule has 0 atom stereocenters. The van der Waals surface area contributed by atoms with Gasteiger partial charge < -0.3 is 10.1 Å². The van der Waals surface area contributed by atoms with Crippen molar-refractivity contribution in [3.63, 3.8) is 0 Å². The predicted octanol–water partition coefficient (Wildman–Crippen LogP) is 5.68. The van der Waals surface area contributed by atoms with E-state index in [1.165, 1.54) is 11.8 Å². The van der Waals surface area contributed by atoms with Crippen LogP contribution in [0.2, 0.25) is 10.0 Å². The van der Waals surface area contributed by atoms with Crippen molar-refractivity contribution >= 4 is 63.5 Å². The lowest BCUT2D eigenvalue weighted by molar-refractivity contribution is -0.115. The standard InChI is InChI=1S/C19H15Cl2NO2S2/c1-10-5-12(7-16-18(23)22-19(25)26-16)6-11(2)17(10)24-9-13-3-4-14(20)8-15(13)21/h3-8H,9H2,1-2H3,(H,22,23,25)/b16-7+. The average molecular weight is 424 g/mol. The fraction of sp³-hybridized carbons (Fsp3) is 0.158. The van der Waals surface area contributed by atoms with Gasteiger partial charge in [-0.15, -0.1) is 0 Å². The highest BCUT2D eigenvalue weighted by atomic mass is 35.5. The molecule has 2 aromatic carbocycles. The number of carbonyl (C=O) groups is 1. The molecule has 0 unspecified atom stereocenters. The zero-order valence-electron chi connectivity index (χ0n) is 14.1. The van der Waals surface area contributed by atoms with Crippen LogP contribution in [0.3, 0.4) is 0 Å². The smallest absolute Gasteiger partial charge is 0.263 e. The molecule has 0 aromatic heterocycles. The number of hydrogen-bond donors (Lipinski definition) is 1. The van der Waals surface area contributed by atoms with Gasteiger partial charge in [-0.1, -0.05) is 53.2 Å². The Morgan fingerprint density at radius 1 is 1.19 bits per heavy atom. The van der Waals surface area contributed by atoms with Crippen molar-refractivity contribution < 1.29 is 9.53 Å². The van der Waals surface area contributed by atoms with Gasteiger partial charge in [0.2, 0.25) is 0 Å². The third-order valence-electron chi connectivity index (χ3n) is 3.81. The third-order valence-corrected chi connectivity index (χ3v) is 5.56. The minimum Gasteiger partial charge on any atom is -0.488 e. The molecule has 3 rings (SSSR count). The summed E-state index contributed by atoms with van der Waals surface area (Å²) in [6.07, 6.45) is 1.83. The molecule has 1 fully saturated rings. The summed E-state index contributed by atoms with van der Waals surface area (Å²) in [4.78, 5) is 12.4. The number of amides is 1. The highest BCUT2D eigenvalue weighted by Gasteiger charge is 2.22. The van der Waals surface area contributed by atoms with Crippen molar-refractivity contribution in [1.29, 1.82) is 0 Å². The molecular weight excluding hydrogens is 409 g/mol. The normalized spacial score (nSPS) is 15.5. The number of ether oxygens (including phenoxy) is 1.